The zero-order chi connectivity index (χ0) is 12.8. The van der Waals surface area contributed by atoms with E-state index in [1.54, 1.807) is 0 Å². The summed E-state index contributed by atoms with van der Waals surface area (Å²) in [6, 6.07) is 6.08. The van der Waals surface area contributed by atoms with Gasteiger partial charge in [0.15, 0.2) is 0 Å². The molecule has 18 heavy (non-hydrogen) atoms. The second-order valence-corrected chi connectivity index (χ2v) is 4.43. The Morgan fingerprint density at radius 1 is 1.56 bits per heavy atom. The molecule has 2 heterocycles. The molecule has 5 heteroatoms. The third-order valence-corrected chi connectivity index (χ3v) is 3.09. The van der Waals surface area contributed by atoms with Crippen molar-refractivity contribution in [3.63, 3.8) is 0 Å². The number of aliphatic hydroxyl groups excluding tert-OH is 1. The number of ether oxygens (including phenoxy) is 1. The van der Waals surface area contributed by atoms with Crippen molar-refractivity contribution < 1.29 is 9.84 Å². The summed E-state index contributed by atoms with van der Waals surface area (Å²) in [6.07, 6.45) is 0. The van der Waals surface area contributed by atoms with E-state index in [1.165, 1.54) is 0 Å². The Bertz CT molecular complexity index is 373. The molecule has 0 amide bonds. The van der Waals surface area contributed by atoms with Gasteiger partial charge in [0.1, 0.15) is 5.82 Å². The quantitative estimate of drug-likeness (QED) is 0.807. The standard InChI is InChI=1S/C13H21N3O2/c1-2-14-13-5-3-4-11(15-13)8-16-6-7-18-10-12(16)9-17/h3-5,12,17H,2,6-10H2,1H3,(H,14,15). The maximum Gasteiger partial charge on any atom is 0.126 e. The van der Waals surface area contributed by atoms with Gasteiger partial charge in [0.25, 0.3) is 0 Å². The molecular weight excluding hydrogens is 230 g/mol. The highest BCUT2D eigenvalue weighted by molar-refractivity contribution is 5.34. The summed E-state index contributed by atoms with van der Waals surface area (Å²) in [5, 5.41) is 12.5. The minimum Gasteiger partial charge on any atom is -0.395 e. The molecule has 2 N–H and O–H groups in total. The van der Waals surface area contributed by atoms with E-state index in [4.69, 9.17) is 4.74 Å². The summed E-state index contributed by atoms with van der Waals surface area (Å²) in [7, 11) is 0. The van der Waals surface area contributed by atoms with Crippen LogP contribution in [0.25, 0.3) is 0 Å². The lowest BCUT2D eigenvalue weighted by atomic mass is 10.2. The van der Waals surface area contributed by atoms with E-state index in [2.05, 4.69) is 22.1 Å². The molecular formula is C13H21N3O2. The van der Waals surface area contributed by atoms with Crippen LogP contribution in [0.4, 0.5) is 5.82 Å². The third kappa shape index (κ3) is 3.41. The molecule has 100 valence electrons. The maximum atomic E-state index is 9.32. The summed E-state index contributed by atoms with van der Waals surface area (Å²) in [5.41, 5.74) is 1.02. The molecule has 0 saturated carbocycles. The summed E-state index contributed by atoms with van der Waals surface area (Å²) >= 11 is 0. The van der Waals surface area contributed by atoms with Crippen LogP contribution in [0.1, 0.15) is 12.6 Å². The first-order chi connectivity index (χ1) is 8.83. The fourth-order valence-corrected chi connectivity index (χ4v) is 2.12. The fourth-order valence-electron chi connectivity index (χ4n) is 2.12. The molecule has 0 aromatic carbocycles. The van der Waals surface area contributed by atoms with Crippen LogP contribution in [0.5, 0.6) is 0 Å². The molecule has 1 aliphatic heterocycles. The highest BCUT2D eigenvalue weighted by Gasteiger charge is 2.22. The van der Waals surface area contributed by atoms with Gasteiger partial charge in [0.05, 0.1) is 31.6 Å². The first-order valence-electron chi connectivity index (χ1n) is 6.46. The Balaban J connectivity index is 2.00. The average molecular weight is 251 g/mol. The molecule has 0 spiro atoms. The molecule has 0 aliphatic carbocycles. The SMILES string of the molecule is CCNc1cccc(CN2CCOCC2CO)n1. The van der Waals surface area contributed by atoms with Gasteiger partial charge in [-0.1, -0.05) is 6.07 Å². The van der Waals surface area contributed by atoms with E-state index in [1.807, 2.05) is 18.2 Å². The topological polar surface area (TPSA) is 57.6 Å². The molecule has 1 aromatic rings. The van der Waals surface area contributed by atoms with Gasteiger partial charge in [-0.25, -0.2) is 4.98 Å². The van der Waals surface area contributed by atoms with E-state index >= 15 is 0 Å². The lowest BCUT2D eigenvalue weighted by Gasteiger charge is -2.34. The Labute approximate surface area is 108 Å². The van der Waals surface area contributed by atoms with Gasteiger partial charge < -0.3 is 15.2 Å². The summed E-state index contributed by atoms with van der Waals surface area (Å²) in [6.45, 7) is 5.98. The Hall–Kier alpha value is -1.17. The predicted molar refractivity (Wildman–Crippen MR) is 70.5 cm³/mol. The van der Waals surface area contributed by atoms with Crippen LogP contribution in [-0.4, -0.2) is 53.9 Å². The number of nitrogens with zero attached hydrogens (tertiary/aromatic N) is 2. The van der Waals surface area contributed by atoms with Crippen LogP contribution in [0, 0.1) is 0 Å². The Morgan fingerprint density at radius 3 is 3.22 bits per heavy atom. The molecule has 1 fully saturated rings. The largest absolute Gasteiger partial charge is 0.395 e. The van der Waals surface area contributed by atoms with E-state index < -0.39 is 0 Å². The summed E-state index contributed by atoms with van der Waals surface area (Å²) in [5.74, 6) is 0.906. The molecule has 5 nitrogen and oxygen atoms in total. The number of nitrogens with one attached hydrogen (secondary N) is 1. The van der Waals surface area contributed by atoms with Crippen molar-refractivity contribution in [3.8, 4) is 0 Å². The molecule has 1 saturated heterocycles. The number of pyridine rings is 1. The molecule has 2 rings (SSSR count). The van der Waals surface area contributed by atoms with Gasteiger partial charge in [-0.2, -0.15) is 0 Å². The van der Waals surface area contributed by atoms with Crippen molar-refractivity contribution >= 4 is 5.82 Å². The van der Waals surface area contributed by atoms with E-state index in [9.17, 15) is 5.11 Å². The van der Waals surface area contributed by atoms with Gasteiger partial charge in [0.2, 0.25) is 0 Å². The van der Waals surface area contributed by atoms with Crippen molar-refractivity contribution in [1.29, 1.82) is 0 Å². The van der Waals surface area contributed by atoms with Crippen LogP contribution in [0.2, 0.25) is 0 Å². The molecule has 0 radical (unpaired) electrons. The third-order valence-electron chi connectivity index (χ3n) is 3.09. The number of aliphatic hydroxyl groups is 1. The van der Waals surface area contributed by atoms with Gasteiger partial charge in [0, 0.05) is 19.6 Å². The second kappa shape index (κ2) is 6.68. The van der Waals surface area contributed by atoms with Gasteiger partial charge >= 0.3 is 0 Å². The zero-order valence-electron chi connectivity index (χ0n) is 10.8. The summed E-state index contributed by atoms with van der Waals surface area (Å²) in [4.78, 5) is 6.77. The van der Waals surface area contributed by atoms with E-state index in [-0.39, 0.29) is 12.6 Å². The highest BCUT2D eigenvalue weighted by atomic mass is 16.5. The first-order valence-corrected chi connectivity index (χ1v) is 6.46. The zero-order valence-corrected chi connectivity index (χ0v) is 10.8. The molecule has 1 aromatic heterocycles. The number of anilines is 1. The predicted octanol–water partition coefficient (Wildman–Crippen LogP) is 0.706. The van der Waals surface area contributed by atoms with Crippen molar-refractivity contribution in [1.82, 2.24) is 9.88 Å². The average Bonchev–Trinajstić information content (AvgIpc) is 2.40. The van der Waals surface area contributed by atoms with Crippen LogP contribution in [-0.2, 0) is 11.3 Å². The Kier molecular flexibility index (Phi) is 4.92. The highest BCUT2D eigenvalue weighted by Crippen LogP contribution is 2.12. The lowest BCUT2D eigenvalue weighted by Crippen LogP contribution is -2.46. The van der Waals surface area contributed by atoms with Crippen LogP contribution >= 0.6 is 0 Å². The second-order valence-electron chi connectivity index (χ2n) is 4.43. The van der Waals surface area contributed by atoms with Crippen molar-refractivity contribution in [2.75, 3.05) is 38.2 Å². The molecule has 0 bridgehead atoms. The van der Waals surface area contributed by atoms with Gasteiger partial charge in [-0.05, 0) is 19.1 Å². The van der Waals surface area contributed by atoms with Gasteiger partial charge in [-0.3, -0.25) is 4.90 Å². The molecule has 1 unspecified atom stereocenters. The minimum absolute atomic E-state index is 0.0864. The van der Waals surface area contributed by atoms with Gasteiger partial charge in [-0.15, -0.1) is 0 Å². The number of morpholine rings is 1. The number of aromatic nitrogens is 1. The monoisotopic (exact) mass is 251 g/mol. The number of hydrogen-bond acceptors (Lipinski definition) is 5. The summed E-state index contributed by atoms with van der Waals surface area (Å²) < 4.78 is 5.37. The van der Waals surface area contributed by atoms with E-state index in [0.717, 1.165) is 37.8 Å². The first kappa shape index (κ1) is 13.3. The van der Waals surface area contributed by atoms with Crippen LogP contribution in [0.3, 0.4) is 0 Å². The Morgan fingerprint density at radius 2 is 2.44 bits per heavy atom. The molecule has 1 atom stereocenters. The van der Waals surface area contributed by atoms with Crippen molar-refractivity contribution in [2.45, 2.75) is 19.5 Å². The molecule has 1 aliphatic rings. The van der Waals surface area contributed by atoms with Crippen molar-refractivity contribution in [3.05, 3.63) is 23.9 Å². The number of rotatable bonds is 5. The van der Waals surface area contributed by atoms with Crippen LogP contribution < -0.4 is 5.32 Å². The fraction of sp³-hybridized carbons (Fsp3) is 0.615. The lowest BCUT2D eigenvalue weighted by molar-refractivity contribution is -0.0317. The normalized spacial score (nSPS) is 20.9. The van der Waals surface area contributed by atoms with Crippen LogP contribution in [0.15, 0.2) is 18.2 Å². The van der Waals surface area contributed by atoms with E-state index in [0.29, 0.717) is 6.61 Å². The minimum atomic E-state index is 0.0864. The van der Waals surface area contributed by atoms with Crippen molar-refractivity contribution in [2.24, 2.45) is 0 Å². The smallest absolute Gasteiger partial charge is 0.126 e. The maximum absolute atomic E-state index is 9.32. The number of hydrogen-bond donors (Lipinski definition) is 2.